The molecule has 1 amide bonds. The van der Waals surface area contributed by atoms with Crippen molar-refractivity contribution < 1.29 is 9.53 Å². The molecule has 0 aliphatic heterocycles. The van der Waals surface area contributed by atoms with Crippen LogP contribution in [-0.2, 0) is 11.3 Å². The molecule has 2 aromatic carbocycles. The van der Waals surface area contributed by atoms with Crippen LogP contribution in [-0.4, -0.2) is 26.0 Å². The van der Waals surface area contributed by atoms with Gasteiger partial charge in [0.05, 0.1) is 5.84 Å². The Bertz CT molecular complexity index is 666. The van der Waals surface area contributed by atoms with E-state index in [4.69, 9.17) is 4.74 Å². The summed E-state index contributed by atoms with van der Waals surface area (Å²) in [6, 6.07) is 17.1. The molecule has 0 saturated carbocycles. The van der Waals surface area contributed by atoms with E-state index in [9.17, 15) is 4.79 Å². The topological polar surface area (TPSA) is 53.9 Å². The number of hydrogen-bond donors (Lipinski definition) is 1. The van der Waals surface area contributed by atoms with E-state index in [0.717, 1.165) is 17.1 Å². The first kappa shape index (κ1) is 16.5. The highest BCUT2D eigenvalue weighted by atomic mass is 16.5. The molecule has 120 valence electrons. The molecule has 5 heteroatoms. The van der Waals surface area contributed by atoms with Gasteiger partial charge in [0.15, 0.2) is 0 Å². The van der Waals surface area contributed by atoms with Crippen LogP contribution in [0.15, 0.2) is 59.6 Å². The Balaban J connectivity index is 1.89. The summed E-state index contributed by atoms with van der Waals surface area (Å²) in [6.07, 6.45) is -0.471. The van der Waals surface area contributed by atoms with Gasteiger partial charge in [-0.2, -0.15) is 0 Å². The maximum atomic E-state index is 11.8. The molecule has 0 bridgehead atoms. The largest absolute Gasteiger partial charge is 0.444 e. The van der Waals surface area contributed by atoms with Crippen LogP contribution in [0.2, 0.25) is 0 Å². The quantitative estimate of drug-likeness (QED) is 0.688. The van der Waals surface area contributed by atoms with E-state index in [1.165, 1.54) is 0 Å². The van der Waals surface area contributed by atoms with E-state index >= 15 is 0 Å². The summed E-state index contributed by atoms with van der Waals surface area (Å²) in [5, 5.41) is 2.71. The molecule has 0 saturated heterocycles. The molecule has 0 radical (unpaired) electrons. The number of amides is 1. The van der Waals surface area contributed by atoms with Gasteiger partial charge in [-0.25, -0.2) is 4.79 Å². The van der Waals surface area contributed by atoms with Crippen molar-refractivity contribution in [1.82, 2.24) is 0 Å². The van der Waals surface area contributed by atoms with Crippen molar-refractivity contribution in [2.75, 3.05) is 24.3 Å². The highest BCUT2D eigenvalue weighted by molar-refractivity contribution is 5.95. The third-order valence-electron chi connectivity index (χ3n) is 3.52. The summed E-state index contributed by atoms with van der Waals surface area (Å²) in [6.45, 7) is 2.19. The molecule has 0 heterocycles. The Labute approximate surface area is 136 Å². The molecular formula is C18H21N3O2. The van der Waals surface area contributed by atoms with Crippen molar-refractivity contribution in [2.45, 2.75) is 13.5 Å². The number of carbonyl (C=O) groups excluding carboxylic acids is 1. The number of hydrogen-bond acceptors (Lipinski definition) is 3. The lowest BCUT2D eigenvalue weighted by atomic mass is 10.2. The van der Waals surface area contributed by atoms with Gasteiger partial charge in [0, 0.05) is 25.5 Å². The summed E-state index contributed by atoms with van der Waals surface area (Å²) in [7, 11) is 3.70. The molecule has 0 spiro atoms. The van der Waals surface area contributed by atoms with Crippen LogP contribution in [0.4, 0.5) is 16.2 Å². The monoisotopic (exact) mass is 311 g/mol. The first-order valence-electron chi connectivity index (χ1n) is 7.35. The Morgan fingerprint density at radius 1 is 1.13 bits per heavy atom. The fourth-order valence-corrected chi connectivity index (χ4v) is 1.98. The van der Waals surface area contributed by atoms with Gasteiger partial charge < -0.3 is 9.64 Å². The summed E-state index contributed by atoms with van der Waals surface area (Å²) in [5.74, 6) is 0.910. The van der Waals surface area contributed by atoms with Crippen LogP contribution in [0.25, 0.3) is 0 Å². The Morgan fingerprint density at radius 2 is 1.78 bits per heavy atom. The molecule has 0 unspecified atom stereocenters. The smallest absolute Gasteiger partial charge is 0.411 e. The molecule has 0 aromatic heterocycles. The van der Waals surface area contributed by atoms with Gasteiger partial charge in [-0.3, -0.25) is 10.3 Å². The molecule has 1 N–H and O–H groups in total. The third kappa shape index (κ3) is 4.85. The van der Waals surface area contributed by atoms with Crippen LogP contribution in [0.3, 0.4) is 0 Å². The molecule has 0 fully saturated rings. The number of aliphatic imine (C=N–C) groups is 1. The summed E-state index contributed by atoms with van der Waals surface area (Å²) in [5.41, 5.74) is 2.64. The van der Waals surface area contributed by atoms with Crippen molar-refractivity contribution in [3.05, 3.63) is 60.2 Å². The highest BCUT2D eigenvalue weighted by Crippen LogP contribution is 2.17. The lowest BCUT2D eigenvalue weighted by Gasteiger charge is -2.18. The van der Waals surface area contributed by atoms with E-state index < -0.39 is 6.09 Å². The van der Waals surface area contributed by atoms with Crippen LogP contribution < -0.4 is 10.2 Å². The molecule has 2 aromatic rings. The Morgan fingerprint density at radius 3 is 2.39 bits per heavy atom. The van der Waals surface area contributed by atoms with Gasteiger partial charge >= 0.3 is 6.09 Å². The van der Waals surface area contributed by atoms with E-state index in [1.807, 2.05) is 73.5 Å². The molecule has 0 aliphatic carbocycles. The van der Waals surface area contributed by atoms with Gasteiger partial charge in [0.2, 0.25) is 0 Å². The average molecular weight is 311 g/mol. The minimum atomic E-state index is -0.471. The zero-order valence-electron chi connectivity index (χ0n) is 13.6. The third-order valence-corrected chi connectivity index (χ3v) is 3.52. The zero-order chi connectivity index (χ0) is 16.7. The first-order chi connectivity index (χ1) is 11.1. The summed E-state index contributed by atoms with van der Waals surface area (Å²) >= 11 is 0. The van der Waals surface area contributed by atoms with E-state index in [-0.39, 0.29) is 6.61 Å². The number of rotatable bonds is 4. The SMILES string of the molecule is CN=C(C)N(C)c1ccc(NC(=O)OCc2ccccc2)cc1. The lowest BCUT2D eigenvalue weighted by Crippen LogP contribution is -2.23. The van der Waals surface area contributed by atoms with Crippen LogP contribution >= 0.6 is 0 Å². The molecule has 5 nitrogen and oxygen atoms in total. The number of nitrogens with zero attached hydrogens (tertiary/aromatic N) is 2. The summed E-state index contributed by atoms with van der Waals surface area (Å²) in [4.78, 5) is 17.9. The van der Waals surface area contributed by atoms with Gasteiger partial charge in [0.1, 0.15) is 6.61 Å². The molecular weight excluding hydrogens is 290 g/mol. The standard InChI is InChI=1S/C18H21N3O2/c1-14(19-2)21(3)17-11-9-16(10-12-17)20-18(22)23-13-15-7-5-4-6-8-15/h4-12H,13H2,1-3H3,(H,20,22). The second-order valence-corrected chi connectivity index (χ2v) is 5.06. The second-order valence-electron chi connectivity index (χ2n) is 5.06. The minimum absolute atomic E-state index is 0.250. The van der Waals surface area contributed by atoms with E-state index in [2.05, 4.69) is 10.3 Å². The van der Waals surface area contributed by atoms with Crippen molar-refractivity contribution in [2.24, 2.45) is 4.99 Å². The minimum Gasteiger partial charge on any atom is -0.444 e. The van der Waals surface area contributed by atoms with Gasteiger partial charge in [-0.15, -0.1) is 0 Å². The Hall–Kier alpha value is -2.82. The van der Waals surface area contributed by atoms with E-state index in [1.54, 1.807) is 7.05 Å². The van der Waals surface area contributed by atoms with E-state index in [0.29, 0.717) is 5.69 Å². The molecule has 0 atom stereocenters. The van der Waals surface area contributed by atoms with Crippen LogP contribution in [0, 0.1) is 0 Å². The zero-order valence-corrected chi connectivity index (χ0v) is 13.6. The molecule has 2 rings (SSSR count). The summed E-state index contributed by atoms with van der Waals surface area (Å²) < 4.78 is 5.19. The average Bonchev–Trinajstić information content (AvgIpc) is 2.60. The number of ether oxygens (including phenoxy) is 1. The normalized spacial score (nSPS) is 11.0. The van der Waals surface area contributed by atoms with Crippen molar-refractivity contribution >= 4 is 23.3 Å². The predicted molar refractivity (Wildman–Crippen MR) is 94.1 cm³/mol. The second kappa shape index (κ2) is 7.98. The van der Waals surface area contributed by atoms with Crippen LogP contribution in [0.1, 0.15) is 12.5 Å². The first-order valence-corrected chi connectivity index (χ1v) is 7.35. The number of amidine groups is 1. The molecule has 23 heavy (non-hydrogen) atoms. The van der Waals surface area contributed by atoms with Crippen molar-refractivity contribution in [3.63, 3.8) is 0 Å². The predicted octanol–water partition coefficient (Wildman–Crippen LogP) is 3.92. The maximum Gasteiger partial charge on any atom is 0.411 e. The maximum absolute atomic E-state index is 11.8. The molecule has 0 aliphatic rings. The number of benzene rings is 2. The van der Waals surface area contributed by atoms with Gasteiger partial charge in [-0.05, 0) is 36.8 Å². The fraction of sp³-hybridized carbons (Fsp3) is 0.222. The number of carbonyl (C=O) groups is 1. The van der Waals surface area contributed by atoms with Crippen molar-refractivity contribution in [3.8, 4) is 0 Å². The Kier molecular flexibility index (Phi) is 5.74. The fourth-order valence-electron chi connectivity index (χ4n) is 1.98. The number of nitrogens with one attached hydrogen (secondary N) is 1. The van der Waals surface area contributed by atoms with Crippen LogP contribution in [0.5, 0.6) is 0 Å². The lowest BCUT2D eigenvalue weighted by molar-refractivity contribution is 0.155. The van der Waals surface area contributed by atoms with Gasteiger partial charge in [-0.1, -0.05) is 30.3 Å². The number of anilines is 2. The highest BCUT2D eigenvalue weighted by Gasteiger charge is 2.06. The van der Waals surface area contributed by atoms with Gasteiger partial charge in [0.25, 0.3) is 0 Å². The van der Waals surface area contributed by atoms with Crippen molar-refractivity contribution in [1.29, 1.82) is 0 Å².